The second-order valence-electron chi connectivity index (χ2n) is 11.2. The van der Waals surface area contributed by atoms with E-state index in [0.29, 0.717) is 59.0 Å². The Morgan fingerprint density at radius 2 is 2.08 bits per heavy atom. The van der Waals surface area contributed by atoms with Crippen molar-refractivity contribution in [2.24, 2.45) is 0 Å². The van der Waals surface area contributed by atoms with Crippen molar-refractivity contribution in [3.8, 4) is 11.5 Å². The second kappa shape index (κ2) is 12.4. The average molecular weight is 609 g/mol. The number of thiazole rings is 1. The van der Waals surface area contributed by atoms with Gasteiger partial charge in [-0.05, 0) is 31.9 Å². The molecule has 11 nitrogen and oxygen atoms in total. The minimum Gasteiger partial charge on any atom is -0.477 e. The molecule has 0 unspecified atom stereocenters. The van der Waals surface area contributed by atoms with Crippen LogP contribution in [0.3, 0.4) is 0 Å². The highest BCUT2D eigenvalue weighted by atomic mass is 35.5. The number of ether oxygens (including phenoxy) is 2. The van der Waals surface area contributed by atoms with Crippen molar-refractivity contribution in [2.45, 2.75) is 64.8 Å². The van der Waals surface area contributed by atoms with E-state index in [4.69, 9.17) is 26.1 Å². The van der Waals surface area contributed by atoms with Crippen LogP contribution >= 0.6 is 22.9 Å². The Kier molecular flexibility index (Phi) is 9.40. The van der Waals surface area contributed by atoms with Gasteiger partial charge >= 0.3 is 5.97 Å². The van der Waals surface area contributed by atoms with Crippen LogP contribution in [0, 0.1) is 13.8 Å². The van der Waals surface area contributed by atoms with E-state index in [1.165, 1.54) is 0 Å². The Balaban J connectivity index is 1.48. The number of anilines is 1. The molecule has 1 amide bonds. The van der Waals surface area contributed by atoms with Gasteiger partial charge in [0.15, 0.2) is 11.0 Å². The number of hydrogen-bond donors (Lipinski definition) is 3. The summed E-state index contributed by atoms with van der Waals surface area (Å²) >= 11 is 7.37. The summed E-state index contributed by atoms with van der Waals surface area (Å²) in [5.74, 6) is -0.848. The SMILES string of the molecule is CO[C@H]1CN(c2nc(-c3nccn3COCC[Si](C)(C)C)c(C(=O)O)s2)CC[C@H]1NC(=O)c1[nH]c(C)c(Cl)c1C. The van der Waals surface area contributed by atoms with E-state index in [-0.39, 0.29) is 29.7 Å². The van der Waals surface area contributed by atoms with E-state index in [1.807, 2.05) is 18.7 Å². The molecule has 4 rings (SSSR count). The number of aromatic amines is 1. The molecular formula is C26H37ClN6O5SSi. The lowest BCUT2D eigenvalue weighted by atomic mass is 10.0. The van der Waals surface area contributed by atoms with Crippen LogP contribution in [0.15, 0.2) is 12.4 Å². The number of methoxy groups -OCH3 is 1. The van der Waals surface area contributed by atoms with Crippen LogP contribution in [0.5, 0.6) is 0 Å². The first-order valence-corrected chi connectivity index (χ1v) is 18.1. The molecule has 218 valence electrons. The first kappa shape index (κ1) is 30.3. The molecular weight excluding hydrogens is 572 g/mol. The molecule has 0 saturated carbocycles. The third-order valence-corrected chi connectivity index (χ3v) is 10.4. The maximum atomic E-state index is 13.0. The number of imidazole rings is 1. The van der Waals surface area contributed by atoms with E-state index in [2.05, 4.69) is 34.9 Å². The first-order chi connectivity index (χ1) is 18.9. The minimum atomic E-state index is -1.23. The summed E-state index contributed by atoms with van der Waals surface area (Å²) < 4.78 is 13.4. The Bertz CT molecular complexity index is 1370. The third kappa shape index (κ3) is 6.77. The molecule has 4 heterocycles. The molecule has 0 aliphatic carbocycles. The molecule has 1 aliphatic rings. The van der Waals surface area contributed by atoms with Gasteiger partial charge in [0.2, 0.25) is 0 Å². The van der Waals surface area contributed by atoms with Gasteiger partial charge in [-0.15, -0.1) is 0 Å². The Morgan fingerprint density at radius 1 is 1.32 bits per heavy atom. The highest BCUT2D eigenvalue weighted by molar-refractivity contribution is 7.17. The number of aromatic carboxylic acids is 1. The number of amides is 1. The number of piperidine rings is 1. The van der Waals surface area contributed by atoms with Crippen molar-refractivity contribution in [3.63, 3.8) is 0 Å². The summed E-state index contributed by atoms with van der Waals surface area (Å²) in [6.45, 7) is 12.4. The third-order valence-electron chi connectivity index (χ3n) is 6.99. The molecule has 0 radical (unpaired) electrons. The minimum absolute atomic E-state index is 0.114. The molecule has 1 aliphatic heterocycles. The molecule has 0 bridgehead atoms. The average Bonchev–Trinajstić information content (AvgIpc) is 3.61. The van der Waals surface area contributed by atoms with Crippen molar-refractivity contribution in [1.29, 1.82) is 0 Å². The fourth-order valence-corrected chi connectivity index (χ4v) is 6.44. The van der Waals surface area contributed by atoms with E-state index in [1.54, 1.807) is 24.1 Å². The monoisotopic (exact) mass is 608 g/mol. The standard InChI is InChI=1S/C26H37ClN6O5SSi/c1-15-19(27)16(2)29-20(15)24(34)30-17-7-9-32(13-18(17)37-3)26-31-21(22(39-26)25(35)36)23-28-8-10-33(23)14-38-11-12-40(4,5)6/h8,10,17-18,29H,7,9,11-14H2,1-6H3,(H,30,34)(H,35,36)/t17-,18+/m1/s1. The maximum absolute atomic E-state index is 13.0. The zero-order chi connectivity index (χ0) is 29.2. The van der Waals surface area contributed by atoms with Gasteiger partial charge in [-0.3, -0.25) is 4.79 Å². The van der Waals surface area contributed by atoms with Gasteiger partial charge < -0.3 is 34.3 Å². The summed E-state index contributed by atoms with van der Waals surface area (Å²) in [6.07, 6.45) is 3.65. The van der Waals surface area contributed by atoms with E-state index < -0.39 is 14.0 Å². The van der Waals surface area contributed by atoms with E-state index in [0.717, 1.165) is 23.1 Å². The fraction of sp³-hybridized carbons (Fsp3) is 0.538. The van der Waals surface area contributed by atoms with Crippen molar-refractivity contribution in [2.75, 3.05) is 31.7 Å². The van der Waals surface area contributed by atoms with Crippen molar-refractivity contribution >= 4 is 48.0 Å². The number of nitrogens with zero attached hydrogens (tertiary/aromatic N) is 4. The summed E-state index contributed by atoms with van der Waals surface area (Å²) in [5.41, 5.74) is 2.20. The Hall–Kier alpha value is -2.71. The smallest absolute Gasteiger partial charge is 0.348 e. The molecule has 0 aromatic carbocycles. The molecule has 40 heavy (non-hydrogen) atoms. The molecule has 3 aromatic heterocycles. The van der Waals surface area contributed by atoms with Gasteiger partial charge in [0.05, 0.1) is 17.2 Å². The fourth-order valence-electron chi connectivity index (χ4n) is 4.60. The van der Waals surface area contributed by atoms with Crippen LogP contribution in [-0.2, 0) is 16.2 Å². The normalized spacial score (nSPS) is 17.8. The van der Waals surface area contributed by atoms with Gasteiger partial charge in [0, 0.05) is 53.0 Å². The van der Waals surface area contributed by atoms with E-state index in [9.17, 15) is 14.7 Å². The number of carboxylic acid groups (broad SMARTS) is 1. The van der Waals surface area contributed by atoms with Crippen molar-refractivity contribution < 1.29 is 24.2 Å². The maximum Gasteiger partial charge on any atom is 0.348 e. The molecule has 2 atom stereocenters. The largest absolute Gasteiger partial charge is 0.477 e. The molecule has 3 aromatic rings. The number of carbonyl (C=O) groups excluding carboxylic acids is 1. The highest BCUT2D eigenvalue weighted by Gasteiger charge is 2.34. The van der Waals surface area contributed by atoms with Crippen LogP contribution in [-0.4, -0.2) is 83.5 Å². The van der Waals surface area contributed by atoms with Crippen LogP contribution in [0.25, 0.3) is 11.5 Å². The molecule has 3 N–H and O–H groups in total. The summed E-state index contributed by atoms with van der Waals surface area (Å²) in [6, 6.07) is 0.800. The van der Waals surface area contributed by atoms with Gasteiger partial charge in [0.25, 0.3) is 5.91 Å². The van der Waals surface area contributed by atoms with Crippen LogP contribution in [0.2, 0.25) is 30.7 Å². The van der Waals surface area contributed by atoms with Crippen LogP contribution in [0.4, 0.5) is 5.13 Å². The number of halogens is 1. The van der Waals surface area contributed by atoms with Gasteiger partial charge in [-0.25, -0.2) is 14.8 Å². The number of hydrogen-bond acceptors (Lipinski definition) is 8. The molecule has 0 spiro atoms. The predicted molar refractivity (Wildman–Crippen MR) is 159 cm³/mol. The first-order valence-electron chi connectivity index (χ1n) is 13.2. The molecule has 1 fully saturated rings. The number of carboxylic acids is 1. The van der Waals surface area contributed by atoms with Gasteiger partial charge in [0.1, 0.15) is 23.0 Å². The number of carbonyl (C=O) groups is 2. The van der Waals surface area contributed by atoms with E-state index >= 15 is 0 Å². The van der Waals surface area contributed by atoms with Crippen molar-refractivity contribution in [1.82, 2.24) is 24.8 Å². The van der Waals surface area contributed by atoms with Crippen LogP contribution in [0.1, 0.15) is 37.8 Å². The Labute approximate surface area is 243 Å². The Morgan fingerprint density at radius 3 is 2.70 bits per heavy atom. The van der Waals surface area contributed by atoms with Crippen LogP contribution < -0.4 is 10.2 Å². The van der Waals surface area contributed by atoms with Gasteiger partial charge in [-0.1, -0.05) is 42.6 Å². The number of H-pyrrole nitrogens is 1. The topological polar surface area (TPSA) is 135 Å². The number of aromatic nitrogens is 4. The summed E-state index contributed by atoms with van der Waals surface area (Å²) in [5, 5.41) is 14.2. The van der Waals surface area contributed by atoms with Gasteiger partial charge in [-0.2, -0.15) is 0 Å². The number of aryl methyl sites for hydroxylation is 1. The quantitative estimate of drug-likeness (QED) is 0.212. The summed E-state index contributed by atoms with van der Waals surface area (Å²) in [7, 11) is 0.375. The zero-order valence-corrected chi connectivity index (χ0v) is 26.3. The lowest BCUT2D eigenvalue weighted by molar-refractivity contribution is 0.0540. The highest BCUT2D eigenvalue weighted by Crippen LogP contribution is 2.34. The summed E-state index contributed by atoms with van der Waals surface area (Å²) in [4.78, 5) is 39.4. The zero-order valence-electron chi connectivity index (χ0n) is 23.7. The second-order valence-corrected chi connectivity index (χ2v) is 18.2. The lowest BCUT2D eigenvalue weighted by Gasteiger charge is -2.37. The lowest BCUT2D eigenvalue weighted by Crippen LogP contribution is -2.55. The predicted octanol–water partition coefficient (Wildman–Crippen LogP) is 4.64. The van der Waals surface area contributed by atoms with Crippen molar-refractivity contribution in [3.05, 3.63) is 39.2 Å². The molecule has 1 saturated heterocycles. The number of rotatable bonds is 11. The molecule has 14 heteroatoms. The number of nitrogens with one attached hydrogen (secondary N) is 2.